The van der Waals surface area contributed by atoms with E-state index in [-0.39, 0.29) is 5.60 Å². The minimum atomic E-state index is -0.101. The second kappa shape index (κ2) is 7.09. The highest BCUT2D eigenvalue weighted by molar-refractivity contribution is 5.94. The molecule has 2 aromatic heterocycles. The maximum atomic E-state index is 5.62. The minimum absolute atomic E-state index is 0.101. The summed E-state index contributed by atoms with van der Waals surface area (Å²) in [7, 11) is 3.86. The average Bonchev–Trinajstić information content (AvgIpc) is 3.20. The molecule has 1 aliphatic rings. The molecule has 0 saturated carbocycles. The molecule has 0 aliphatic carbocycles. The van der Waals surface area contributed by atoms with E-state index in [1.807, 2.05) is 0 Å². The quantitative estimate of drug-likeness (QED) is 0.607. The zero-order chi connectivity index (χ0) is 19.9. The zero-order valence-electron chi connectivity index (χ0n) is 17.4. The number of nitrogens with zero attached hydrogens (tertiary/aromatic N) is 5. The predicted molar refractivity (Wildman–Crippen MR) is 114 cm³/mol. The molecule has 0 radical (unpaired) electrons. The summed E-state index contributed by atoms with van der Waals surface area (Å²) in [4.78, 5) is 2.26. The molecule has 1 aliphatic heterocycles. The number of para-hydroxylation sites is 1. The van der Waals surface area contributed by atoms with Gasteiger partial charge in [-0.3, -0.25) is 4.57 Å². The first-order valence-corrected chi connectivity index (χ1v) is 9.83. The number of benzene rings is 1. The molecule has 1 saturated heterocycles. The van der Waals surface area contributed by atoms with Crippen LogP contribution in [-0.4, -0.2) is 45.1 Å². The van der Waals surface area contributed by atoms with Crippen LogP contribution in [0.25, 0.3) is 22.3 Å². The Morgan fingerprint density at radius 1 is 1.21 bits per heavy atom. The molecule has 0 N–H and O–H groups in total. The molecule has 4 rings (SSSR count). The van der Waals surface area contributed by atoms with Crippen molar-refractivity contribution in [3.05, 3.63) is 42.1 Å². The van der Waals surface area contributed by atoms with Gasteiger partial charge in [-0.05, 0) is 33.3 Å². The summed E-state index contributed by atoms with van der Waals surface area (Å²) in [6, 6.07) is 8.45. The van der Waals surface area contributed by atoms with Gasteiger partial charge < -0.3 is 14.2 Å². The third-order valence-electron chi connectivity index (χ3n) is 5.60. The van der Waals surface area contributed by atoms with E-state index in [0.29, 0.717) is 0 Å². The number of fused-ring (bicyclic) bond motifs is 1. The van der Waals surface area contributed by atoms with E-state index in [9.17, 15) is 0 Å². The molecular weight excluding hydrogens is 350 g/mol. The van der Waals surface area contributed by atoms with Crippen LogP contribution in [0.3, 0.4) is 0 Å². The third kappa shape index (κ3) is 3.22. The molecule has 0 amide bonds. The Labute approximate surface area is 166 Å². The number of allylic oxidation sites excluding steroid dienone is 2. The first-order chi connectivity index (χ1) is 13.4. The molecule has 0 spiro atoms. The van der Waals surface area contributed by atoms with Crippen molar-refractivity contribution in [3.8, 4) is 11.4 Å². The van der Waals surface area contributed by atoms with Crippen LogP contribution in [-0.2, 0) is 18.3 Å². The average molecular weight is 380 g/mol. The minimum Gasteiger partial charge on any atom is -0.375 e. The molecule has 0 bridgehead atoms. The lowest BCUT2D eigenvalue weighted by Crippen LogP contribution is -2.61. The standard InChI is InChI=1S/C22H29N5O/c1-16(2)9-8-12-27-20(18-13-25(4)19-11-7-6-10-17(18)19)23-24-21(27)26-14-22(3,15-26)28-5/h6-7,9-11,13H,8,12,14-15H2,1-5H3. The Hall–Kier alpha value is -2.60. The predicted octanol–water partition coefficient (Wildman–Crippen LogP) is 4.02. The Balaban J connectivity index is 1.75. The number of aromatic nitrogens is 4. The van der Waals surface area contributed by atoms with Crippen molar-refractivity contribution < 1.29 is 4.74 Å². The highest BCUT2D eigenvalue weighted by Gasteiger charge is 2.41. The van der Waals surface area contributed by atoms with E-state index < -0.39 is 0 Å². The number of hydrogen-bond acceptors (Lipinski definition) is 4. The van der Waals surface area contributed by atoms with Gasteiger partial charge in [0.25, 0.3) is 0 Å². The molecule has 0 atom stereocenters. The maximum absolute atomic E-state index is 5.62. The summed E-state index contributed by atoms with van der Waals surface area (Å²) >= 11 is 0. The van der Waals surface area contributed by atoms with Gasteiger partial charge in [-0.1, -0.05) is 29.8 Å². The smallest absolute Gasteiger partial charge is 0.227 e. The number of aryl methyl sites for hydroxylation is 1. The Bertz CT molecular complexity index is 1020. The van der Waals surface area contributed by atoms with Gasteiger partial charge in [-0.15, -0.1) is 10.2 Å². The molecule has 3 aromatic rings. The van der Waals surface area contributed by atoms with Crippen LogP contribution in [0, 0.1) is 0 Å². The lowest BCUT2D eigenvalue weighted by molar-refractivity contribution is -0.0178. The zero-order valence-corrected chi connectivity index (χ0v) is 17.4. The van der Waals surface area contributed by atoms with Crippen molar-refractivity contribution in [3.63, 3.8) is 0 Å². The first-order valence-electron chi connectivity index (χ1n) is 9.83. The van der Waals surface area contributed by atoms with Gasteiger partial charge in [0.1, 0.15) is 5.60 Å². The summed E-state index contributed by atoms with van der Waals surface area (Å²) in [5, 5.41) is 10.4. The van der Waals surface area contributed by atoms with Gasteiger partial charge in [-0.25, -0.2) is 0 Å². The molecule has 1 aromatic carbocycles. The van der Waals surface area contributed by atoms with Crippen molar-refractivity contribution in [1.82, 2.24) is 19.3 Å². The SMILES string of the molecule is COC1(C)CN(c2nnc(-c3cn(C)c4ccccc34)n2CCC=C(C)C)C1. The Morgan fingerprint density at radius 2 is 1.96 bits per heavy atom. The highest BCUT2D eigenvalue weighted by Crippen LogP contribution is 2.34. The fourth-order valence-electron chi connectivity index (χ4n) is 3.97. The fraction of sp³-hybridized carbons (Fsp3) is 0.455. The summed E-state index contributed by atoms with van der Waals surface area (Å²) < 4.78 is 10.0. The van der Waals surface area contributed by atoms with E-state index in [0.717, 1.165) is 43.4 Å². The molecular formula is C22H29N5O. The van der Waals surface area contributed by atoms with Crippen LogP contribution < -0.4 is 4.90 Å². The molecule has 3 heterocycles. The summed E-state index contributed by atoms with van der Waals surface area (Å²) in [5.41, 5.74) is 3.56. The van der Waals surface area contributed by atoms with Crippen molar-refractivity contribution >= 4 is 16.9 Å². The van der Waals surface area contributed by atoms with E-state index in [4.69, 9.17) is 4.74 Å². The van der Waals surface area contributed by atoms with Crippen molar-refractivity contribution in [1.29, 1.82) is 0 Å². The monoisotopic (exact) mass is 379 g/mol. The van der Waals surface area contributed by atoms with Crippen LogP contribution in [0.2, 0.25) is 0 Å². The van der Waals surface area contributed by atoms with Crippen LogP contribution in [0.5, 0.6) is 0 Å². The van der Waals surface area contributed by atoms with Crippen LogP contribution in [0.4, 0.5) is 5.95 Å². The molecule has 28 heavy (non-hydrogen) atoms. The van der Waals surface area contributed by atoms with Gasteiger partial charge in [-0.2, -0.15) is 0 Å². The van der Waals surface area contributed by atoms with Gasteiger partial charge in [0.2, 0.25) is 5.95 Å². The summed E-state index contributed by atoms with van der Waals surface area (Å²) in [6.45, 7) is 8.93. The molecule has 148 valence electrons. The normalized spacial score (nSPS) is 15.7. The molecule has 6 heteroatoms. The Morgan fingerprint density at radius 3 is 2.68 bits per heavy atom. The van der Waals surface area contributed by atoms with Gasteiger partial charge in [0.15, 0.2) is 5.82 Å². The van der Waals surface area contributed by atoms with Gasteiger partial charge in [0.05, 0.1) is 13.1 Å². The molecule has 1 fully saturated rings. The van der Waals surface area contributed by atoms with E-state index >= 15 is 0 Å². The molecule has 0 unspecified atom stereocenters. The summed E-state index contributed by atoms with van der Waals surface area (Å²) in [5.74, 6) is 1.86. The topological polar surface area (TPSA) is 48.1 Å². The first kappa shape index (κ1) is 18.7. The van der Waals surface area contributed by atoms with Crippen LogP contribution in [0.15, 0.2) is 42.1 Å². The number of rotatable bonds is 6. The summed E-state index contributed by atoms with van der Waals surface area (Å²) in [6.07, 6.45) is 5.39. The lowest BCUT2D eigenvalue weighted by Gasteiger charge is -2.47. The van der Waals surface area contributed by atoms with Gasteiger partial charge >= 0.3 is 0 Å². The maximum Gasteiger partial charge on any atom is 0.227 e. The number of anilines is 1. The van der Waals surface area contributed by atoms with Crippen molar-refractivity contribution in [2.24, 2.45) is 7.05 Å². The second-order valence-corrected chi connectivity index (χ2v) is 8.23. The van der Waals surface area contributed by atoms with E-state index in [2.05, 4.69) is 88.6 Å². The van der Waals surface area contributed by atoms with Crippen molar-refractivity contribution in [2.75, 3.05) is 25.1 Å². The second-order valence-electron chi connectivity index (χ2n) is 8.23. The third-order valence-corrected chi connectivity index (χ3v) is 5.60. The van der Waals surface area contributed by atoms with Crippen molar-refractivity contribution in [2.45, 2.75) is 39.3 Å². The Kier molecular flexibility index (Phi) is 4.75. The van der Waals surface area contributed by atoms with E-state index in [1.54, 1.807) is 7.11 Å². The van der Waals surface area contributed by atoms with E-state index in [1.165, 1.54) is 16.5 Å². The van der Waals surface area contributed by atoms with Crippen LogP contribution >= 0.6 is 0 Å². The fourth-order valence-corrected chi connectivity index (χ4v) is 3.97. The molecule has 6 nitrogen and oxygen atoms in total. The number of hydrogen-bond donors (Lipinski definition) is 0. The largest absolute Gasteiger partial charge is 0.375 e. The highest BCUT2D eigenvalue weighted by atomic mass is 16.5. The number of ether oxygens (including phenoxy) is 1. The van der Waals surface area contributed by atoms with Crippen LogP contribution in [0.1, 0.15) is 27.2 Å². The van der Waals surface area contributed by atoms with Gasteiger partial charge in [0, 0.05) is 43.4 Å². The number of methoxy groups -OCH3 is 1. The lowest BCUT2D eigenvalue weighted by atomic mass is 9.97.